The lowest BCUT2D eigenvalue weighted by molar-refractivity contribution is -0.123. The molecule has 0 saturated heterocycles. The van der Waals surface area contributed by atoms with Crippen LogP contribution in [0.1, 0.15) is 24.7 Å². The Hall–Kier alpha value is -1.50. The molecule has 1 N–H and O–H groups in total. The summed E-state index contributed by atoms with van der Waals surface area (Å²) < 4.78 is 1.73. The van der Waals surface area contributed by atoms with Crippen molar-refractivity contribution >= 4 is 22.2 Å². The molecule has 0 spiro atoms. The van der Waals surface area contributed by atoms with Crippen LogP contribution in [-0.2, 0) is 11.2 Å². The van der Waals surface area contributed by atoms with Crippen LogP contribution in [0, 0.1) is 12.8 Å². The predicted octanol–water partition coefficient (Wildman–Crippen LogP) is 0.809. The Kier molecular flexibility index (Phi) is 3.37. The maximum Gasteiger partial charge on any atom is 0.234 e. The SMILES string of the molecule is Cc1nnc2sc(CCNC(=O)C(C)C)nn12. The fraction of sp³-hybridized carbons (Fsp3) is 0.600. The molecule has 2 heterocycles. The van der Waals surface area contributed by atoms with Gasteiger partial charge in [-0.05, 0) is 6.92 Å². The van der Waals surface area contributed by atoms with Crippen LogP contribution >= 0.6 is 11.3 Å². The van der Waals surface area contributed by atoms with Crippen molar-refractivity contribution in [3.05, 3.63) is 10.8 Å². The first kappa shape index (κ1) is 12.0. The van der Waals surface area contributed by atoms with Crippen molar-refractivity contribution in [2.45, 2.75) is 27.2 Å². The summed E-state index contributed by atoms with van der Waals surface area (Å²) in [4.78, 5) is 12.2. The lowest BCUT2D eigenvalue weighted by Gasteiger charge is -2.05. The zero-order chi connectivity index (χ0) is 12.4. The molecule has 0 bridgehead atoms. The van der Waals surface area contributed by atoms with E-state index >= 15 is 0 Å². The third kappa shape index (κ3) is 2.60. The molecule has 0 atom stereocenters. The molecule has 0 aliphatic heterocycles. The number of nitrogens with zero attached hydrogens (tertiary/aromatic N) is 4. The Morgan fingerprint density at radius 3 is 2.88 bits per heavy atom. The molecule has 0 aromatic carbocycles. The van der Waals surface area contributed by atoms with Crippen molar-refractivity contribution in [3.63, 3.8) is 0 Å². The van der Waals surface area contributed by atoms with Gasteiger partial charge in [-0.1, -0.05) is 25.2 Å². The van der Waals surface area contributed by atoms with Crippen LogP contribution < -0.4 is 5.32 Å². The quantitative estimate of drug-likeness (QED) is 0.875. The zero-order valence-corrected chi connectivity index (χ0v) is 10.9. The molecule has 0 radical (unpaired) electrons. The third-order valence-corrected chi connectivity index (χ3v) is 3.31. The van der Waals surface area contributed by atoms with E-state index in [1.165, 1.54) is 11.3 Å². The van der Waals surface area contributed by atoms with Crippen molar-refractivity contribution in [3.8, 4) is 0 Å². The molecule has 2 aromatic heterocycles. The Morgan fingerprint density at radius 2 is 2.24 bits per heavy atom. The second-order valence-corrected chi connectivity index (χ2v) is 5.17. The van der Waals surface area contributed by atoms with E-state index in [-0.39, 0.29) is 11.8 Å². The van der Waals surface area contributed by atoms with E-state index in [1.54, 1.807) is 4.52 Å². The highest BCUT2D eigenvalue weighted by Crippen LogP contribution is 2.13. The first-order chi connectivity index (χ1) is 8.08. The van der Waals surface area contributed by atoms with Gasteiger partial charge in [0.2, 0.25) is 10.9 Å². The summed E-state index contributed by atoms with van der Waals surface area (Å²) in [5, 5.41) is 16.1. The van der Waals surface area contributed by atoms with Crippen molar-refractivity contribution in [1.29, 1.82) is 0 Å². The number of hydrogen-bond donors (Lipinski definition) is 1. The molecule has 0 aliphatic carbocycles. The lowest BCUT2D eigenvalue weighted by Crippen LogP contribution is -2.29. The highest BCUT2D eigenvalue weighted by atomic mass is 32.1. The van der Waals surface area contributed by atoms with Crippen molar-refractivity contribution in [2.24, 2.45) is 5.92 Å². The molecule has 2 aromatic rings. The van der Waals surface area contributed by atoms with E-state index in [1.807, 2.05) is 20.8 Å². The average molecular weight is 253 g/mol. The Balaban J connectivity index is 1.93. The van der Waals surface area contributed by atoms with Gasteiger partial charge in [0.15, 0.2) is 5.82 Å². The van der Waals surface area contributed by atoms with Gasteiger partial charge in [-0.3, -0.25) is 4.79 Å². The summed E-state index contributed by atoms with van der Waals surface area (Å²) in [6, 6.07) is 0. The van der Waals surface area contributed by atoms with Crippen LogP contribution in [0.25, 0.3) is 4.96 Å². The third-order valence-electron chi connectivity index (χ3n) is 2.35. The first-order valence-electron chi connectivity index (χ1n) is 5.53. The lowest BCUT2D eigenvalue weighted by atomic mass is 10.2. The number of fused-ring (bicyclic) bond motifs is 1. The second kappa shape index (κ2) is 4.79. The van der Waals surface area contributed by atoms with Crippen LogP contribution in [0.2, 0.25) is 0 Å². The molecule has 0 fully saturated rings. The predicted molar refractivity (Wildman–Crippen MR) is 64.9 cm³/mol. The summed E-state index contributed by atoms with van der Waals surface area (Å²) >= 11 is 1.51. The molecular formula is C10H15N5OS. The topological polar surface area (TPSA) is 72.2 Å². The van der Waals surface area contributed by atoms with Gasteiger partial charge in [0, 0.05) is 18.9 Å². The molecule has 0 aliphatic rings. The molecule has 2 rings (SSSR count). The smallest absolute Gasteiger partial charge is 0.234 e. The Morgan fingerprint density at radius 1 is 1.47 bits per heavy atom. The molecule has 0 unspecified atom stereocenters. The van der Waals surface area contributed by atoms with E-state index in [2.05, 4.69) is 20.6 Å². The van der Waals surface area contributed by atoms with Crippen molar-refractivity contribution in [2.75, 3.05) is 6.54 Å². The number of rotatable bonds is 4. The summed E-state index contributed by atoms with van der Waals surface area (Å²) in [5.41, 5.74) is 0. The van der Waals surface area contributed by atoms with E-state index in [4.69, 9.17) is 0 Å². The first-order valence-corrected chi connectivity index (χ1v) is 6.35. The monoisotopic (exact) mass is 253 g/mol. The standard InChI is InChI=1S/C10H15N5OS/c1-6(2)9(16)11-5-4-8-14-15-7(3)12-13-10(15)17-8/h6H,4-5H2,1-3H3,(H,11,16). The minimum Gasteiger partial charge on any atom is -0.355 e. The van der Waals surface area contributed by atoms with Crippen LogP contribution in [-0.4, -0.2) is 32.3 Å². The van der Waals surface area contributed by atoms with Crippen LogP contribution in [0.4, 0.5) is 0 Å². The fourth-order valence-corrected chi connectivity index (χ4v) is 2.23. The fourth-order valence-electron chi connectivity index (χ4n) is 1.35. The van der Waals surface area contributed by atoms with Gasteiger partial charge < -0.3 is 5.32 Å². The normalized spacial score (nSPS) is 11.3. The Bertz CT molecular complexity index is 530. The van der Waals surface area contributed by atoms with Gasteiger partial charge >= 0.3 is 0 Å². The van der Waals surface area contributed by atoms with E-state index in [0.29, 0.717) is 6.54 Å². The van der Waals surface area contributed by atoms with Crippen LogP contribution in [0.5, 0.6) is 0 Å². The van der Waals surface area contributed by atoms with E-state index < -0.39 is 0 Å². The van der Waals surface area contributed by atoms with Gasteiger partial charge in [-0.25, -0.2) is 0 Å². The van der Waals surface area contributed by atoms with Gasteiger partial charge in [0.25, 0.3) is 0 Å². The molecule has 7 heteroatoms. The number of amides is 1. The second-order valence-electron chi connectivity index (χ2n) is 4.13. The van der Waals surface area contributed by atoms with Crippen LogP contribution in [0.3, 0.4) is 0 Å². The van der Waals surface area contributed by atoms with E-state index in [9.17, 15) is 4.79 Å². The highest BCUT2D eigenvalue weighted by Gasteiger charge is 2.09. The highest BCUT2D eigenvalue weighted by molar-refractivity contribution is 7.16. The number of aryl methyl sites for hydroxylation is 1. The number of carbonyl (C=O) groups excluding carboxylic acids is 1. The van der Waals surface area contributed by atoms with Gasteiger partial charge in [0.1, 0.15) is 5.01 Å². The number of nitrogens with one attached hydrogen (secondary N) is 1. The summed E-state index contributed by atoms with van der Waals surface area (Å²) in [7, 11) is 0. The van der Waals surface area contributed by atoms with Gasteiger partial charge in [-0.2, -0.15) is 9.61 Å². The van der Waals surface area contributed by atoms with Gasteiger partial charge in [0.05, 0.1) is 0 Å². The van der Waals surface area contributed by atoms with Gasteiger partial charge in [-0.15, -0.1) is 10.2 Å². The molecule has 1 amide bonds. The molecular weight excluding hydrogens is 238 g/mol. The number of carbonyl (C=O) groups is 1. The minimum atomic E-state index is 0.0232. The summed E-state index contributed by atoms with van der Waals surface area (Å²) in [5.74, 6) is 0.882. The molecule has 0 saturated carbocycles. The van der Waals surface area contributed by atoms with Crippen LogP contribution in [0.15, 0.2) is 0 Å². The number of hydrogen-bond acceptors (Lipinski definition) is 5. The molecule has 17 heavy (non-hydrogen) atoms. The van der Waals surface area contributed by atoms with Crippen molar-refractivity contribution < 1.29 is 4.79 Å². The Labute approximate surface area is 103 Å². The van der Waals surface area contributed by atoms with E-state index in [0.717, 1.165) is 22.2 Å². The zero-order valence-electron chi connectivity index (χ0n) is 10.1. The molecule has 6 nitrogen and oxygen atoms in total. The maximum absolute atomic E-state index is 11.4. The summed E-state index contributed by atoms with van der Waals surface area (Å²) in [6.45, 7) is 6.23. The number of aromatic nitrogens is 4. The largest absolute Gasteiger partial charge is 0.355 e. The maximum atomic E-state index is 11.4. The summed E-state index contributed by atoms with van der Waals surface area (Å²) in [6.07, 6.45) is 0.728. The van der Waals surface area contributed by atoms with Crippen molar-refractivity contribution in [1.82, 2.24) is 25.1 Å². The average Bonchev–Trinajstić information content (AvgIpc) is 2.81. The molecule has 92 valence electrons. The minimum absolute atomic E-state index is 0.0232.